The third kappa shape index (κ3) is 5.31. The van der Waals surface area contributed by atoms with Gasteiger partial charge in [0.1, 0.15) is 5.82 Å². The number of nitro groups is 1. The number of aromatic nitrogens is 4. The molecule has 0 aliphatic rings. The summed E-state index contributed by atoms with van der Waals surface area (Å²) in [6.07, 6.45) is 0. The zero-order chi connectivity index (χ0) is 31.9. The van der Waals surface area contributed by atoms with Gasteiger partial charge in [0.2, 0.25) is 5.69 Å². The smallest absolute Gasteiger partial charge is 0.373 e. The zero-order valence-corrected chi connectivity index (χ0v) is 24.4. The number of nitrogens with one attached hydrogen (secondary N) is 1. The van der Waals surface area contributed by atoms with Gasteiger partial charge in [-0.1, -0.05) is 29.8 Å². The van der Waals surface area contributed by atoms with Crippen molar-refractivity contribution in [3.05, 3.63) is 117 Å². The van der Waals surface area contributed by atoms with E-state index in [9.17, 15) is 28.4 Å². The predicted molar refractivity (Wildman–Crippen MR) is 159 cm³/mol. The van der Waals surface area contributed by atoms with Crippen molar-refractivity contribution < 1.29 is 32.4 Å². The van der Waals surface area contributed by atoms with Crippen LogP contribution in [0.15, 0.2) is 105 Å². The zero-order valence-electron chi connectivity index (χ0n) is 23.6. The Labute approximate surface area is 254 Å². The van der Waals surface area contributed by atoms with Gasteiger partial charge >= 0.3 is 20.7 Å². The van der Waals surface area contributed by atoms with Crippen LogP contribution in [0, 0.1) is 17.0 Å². The van der Waals surface area contributed by atoms with Gasteiger partial charge in [-0.2, -0.15) is 8.42 Å². The Morgan fingerprint density at radius 1 is 1.00 bits per heavy atom. The van der Waals surface area contributed by atoms with E-state index < -0.39 is 31.5 Å². The molecule has 226 valence electrons. The van der Waals surface area contributed by atoms with Crippen molar-refractivity contribution in [2.45, 2.75) is 11.9 Å². The molecule has 0 fully saturated rings. The first-order valence-electron chi connectivity index (χ1n) is 13.2. The third-order valence-electron chi connectivity index (χ3n) is 6.89. The Morgan fingerprint density at radius 3 is 2.40 bits per heavy atom. The standard InChI is InChI=1S/C30H22N6O8S/c1-18-7-12-22(13-8-18)35-29(30(38)44-33-35)45(41,42)32-20-10-14-21(15-11-20)34-27(31-24-6-4-3-5-23(24)28(34)37)19-9-16-26(43-2)25(17-19)36(39)40/h3-17,32H,1-2H3. The van der Waals surface area contributed by atoms with Gasteiger partial charge in [-0.05, 0) is 60.1 Å². The number of ether oxygens (including phenoxy) is 1. The molecule has 0 saturated carbocycles. The summed E-state index contributed by atoms with van der Waals surface area (Å²) < 4.78 is 40.9. The summed E-state index contributed by atoms with van der Waals surface area (Å²) in [6.45, 7) is 1.85. The summed E-state index contributed by atoms with van der Waals surface area (Å²) in [7, 11) is -3.18. The van der Waals surface area contributed by atoms with Crippen molar-refractivity contribution in [3.8, 4) is 34.5 Å². The SMILES string of the molecule is COc1ccc(-c2nc3ccccc3c(=O)n2-c2ccc(NS(=O)(=O)c3c([O-])on[n+]3-c3ccc(C)cc3)cc2)cc1[N+](=O)[O-]. The number of anilines is 1. The first-order valence-corrected chi connectivity index (χ1v) is 14.7. The van der Waals surface area contributed by atoms with Crippen molar-refractivity contribution in [2.24, 2.45) is 0 Å². The molecule has 2 aromatic heterocycles. The quantitative estimate of drug-likeness (QED) is 0.149. The predicted octanol–water partition coefficient (Wildman–Crippen LogP) is 3.42. The van der Waals surface area contributed by atoms with Crippen LogP contribution in [0.5, 0.6) is 11.7 Å². The Kier molecular flexibility index (Phi) is 7.22. The van der Waals surface area contributed by atoms with Crippen LogP contribution in [-0.2, 0) is 10.0 Å². The summed E-state index contributed by atoms with van der Waals surface area (Å²) in [4.78, 5) is 29.5. The number of nitrogens with zero attached hydrogens (tertiary/aromatic N) is 5. The van der Waals surface area contributed by atoms with Crippen molar-refractivity contribution in [1.82, 2.24) is 14.8 Å². The maximum Gasteiger partial charge on any atom is 0.373 e. The number of hydrogen-bond acceptors (Lipinski definition) is 10. The highest BCUT2D eigenvalue weighted by atomic mass is 32.2. The van der Waals surface area contributed by atoms with Crippen molar-refractivity contribution >= 4 is 32.3 Å². The Bertz CT molecular complexity index is 2260. The molecule has 4 aromatic carbocycles. The van der Waals surface area contributed by atoms with Crippen LogP contribution in [-0.4, -0.2) is 35.3 Å². The lowest BCUT2D eigenvalue weighted by molar-refractivity contribution is -0.706. The van der Waals surface area contributed by atoms with Gasteiger partial charge in [0, 0.05) is 29.4 Å². The second-order valence-corrected chi connectivity index (χ2v) is 11.4. The largest absolute Gasteiger partial charge is 0.538 e. The summed E-state index contributed by atoms with van der Waals surface area (Å²) in [5.41, 5.74) is 1.45. The summed E-state index contributed by atoms with van der Waals surface area (Å²) >= 11 is 0. The monoisotopic (exact) mass is 626 g/mol. The minimum absolute atomic E-state index is 0.0350. The second kappa shape index (κ2) is 11.2. The van der Waals surface area contributed by atoms with E-state index in [0.29, 0.717) is 22.3 Å². The Morgan fingerprint density at radius 2 is 1.71 bits per heavy atom. The molecule has 6 rings (SSSR count). The summed E-state index contributed by atoms with van der Waals surface area (Å²) in [5.74, 6) is -1.02. The van der Waals surface area contributed by atoms with E-state index in [2.05, 4.69) is 19.5 Å². The molecule has 0 spiro atoms. The highest BCUT2D eigenvalue weighted by molar-refractivity contribution is 7.92. The maximum atomic E-state index is 13.8. The molecule has 0 radical (unpaired) electrons. The van der Waals surface area contributed by atoms with Gasteiger partial charge < -0.3 is 14.4 Å². The maximum absolute atomic E-state index is 13.8. The van der Waals surface area contributed by atoms with E-state index in [-0.39, 0.29) is 28.5 Å². The van der Waals surface area contributed by atoms with Crippen LogP contribution in [0.3, 0.4) is 0 Å². The molecule has 0 unspecified atom stereocenters. The fraction of sp³-hybridized carbons (Fsp3) is 0.0667. The average Bonchev–Trinajstić information content (AvgIpc) is 3.43. The minimum atomic E-state index is -4.49. The van der Waals surface area contributed by atoms with Gasteiger partial charge in [0.25, 0.3) is 5.56 Å². The number of para-hydroxylation sites is 1. The molecule has 14 nitrogen and oxygen atoms in total. The van der Waals surface area contributed by atoms with E-state index in [1.807, 2.05) is 6.92 Å². The van der Waals surface area contributed by atoms with E-state index in [4.69, 9.17) is 4.74 Å². The fourth-order valence-electron chi connectivity index (χ4n) is 4.73. The van der Waals surface area contributed by atoms with Gasteiger partial charge in [0.05, 0.1) is 33.9 Å². The van der Waals surface area contributed by atoms with Gasteiger partial charge in [-0.15, -0.1) is 0 Å². The van der Waals surface area contributed by atoms with E-state index >= 15 is 0 Å². The summed E-state index contributed by atoms with van der Waals surface area (Å²) in [6, 6.07) is 23.2. The lowest BCUT2D eigenvalue weighted by Gasteiger charge is -2.15. The number of fused-ring (bicyclic) bond motifs is 1. The lowest BCUT2D eigenvalue weighted by Crippen LogP contribution is -2.40. The topological polar surface area (TPSA) is 186 Å². The number of aryl methyl sites for hydroxylation is 1. The average molecular weight is 627 g/mol. The van der Waals surface area contributed by atoms with Crippen LogP contribution in [0.1, 0.15) is 5.56 Å². The molecular weight excluding hydrogens is 604 g/mol. The van der Waals surface area contributed by atoms with Crippen molar-refractivity contribution in [1.29, 1.82) is 0 Å². The van der Waals surface area contributed by atoms with Gasteiger partial charge in [0.15, 0.2) is 11.7 Å². The molecule has 0 aliphatic carbocycles. The normalized spacial score (nSPS) is 11.4. The first kappa shape index (κ1) is 29.0. The molecule has 2 heterocycles. The molecule has 0 saturated heterocycles. The fourth-order valence-corrected chi connectivity index (χ4v) is 5.90. The molecule has 15 heteroatoms. The van der Waals surface area contributed by atoms with Crippen LogP contribution < -0.4 is 24.8 Å². The van der Waals surface area contributed by atoms with Crippen molar-refractivity contribution in [3.63, 3.8) is 0 Å². The van der Waals surface area contributed by atoms with Crippen LogP contribution >= 0.6 is 0 Å². The first-order chi connectivity index (χ1) is 21.6. The Balaban J connectivity index is 1.42. The van der Waals surface area contributed by atoms with E-state index in [1.165, 1.54) is 48.1 Å². The minimum Gasteiger partial charge on any atom is -0.538 e. The molecular formula is C30H22N6O8S. The number of nitro benzene ring substituents is 1. The number of sulfonamides is 1. The lowest BCUT2D eigenvalue weighted by atomic mass is 10.1. The van der Waals surface area contributed by atoms with Crippen molar-refractivity contribution in [2.75, 3.05) is 11.8 Å². The number of benzene rings is 4. The second-order valence-electron chi connectivity index (χ2n) is 9.80. The van der Waals surface area contributed by atoms with Crippen LogP contribution in [0.2, 0.25) is 0 Å². The summed E-state index contributed by atoms with van der Waals surface area (Å²) in [5, 5.41) is 27.3. The number of rotatable bonds is 8. The molecule has 0 atom stereocenters. The van der Waals surface area contributed by atoms with E-state index in [0.717, 1.165) is 10.2 Å². The van der Waals surface area contributed by atoms with Crippen LogP contribution in [0.4, 0.5) is 11.4 Å². The molecule has 0 bridgehead atoms. The van der Waals surface area contributed by atoms with E-state index in [1.54, 1.807) is 54.6 Å². The molecule has 1 N–H and O–H groups in total. The van der Waals surface area contributed by atoms with Gasteiger partial charge in [-0.25, -0.2) is 4.98 Å². The third-order valence-corrected chi connectivity index (χ3v) is 8.25. The number of hydrogen-bond donors (Lipinski definition) is 1. The highest BCUT2D eigenvalue weighted by Gasteiger charge is 2.33. The molecule has 45 heavy (non-hydrogen) atoms. The number of methoxy groups -OCH3 is 1. The molecule has 0 amide bonds. The molecule has 6 aromatic rings. The highest BCUT2D eigenvalue weighted by Crippen LogP contribution is 2.33. The van der Waals surface area contributed by atoms with Gasteiger partial charge in [-0.3, -0.25) is 24.2 Å². The van der Waals surface area contributed by atoms with Crippen LogP contribution in [0.25, 0.3) is 33.7 Å². The molecule has 0 aliphatic heterocycles. The Hall–Kier alpha value is -6.09.